The molecule has 0 saturated carbocycles. The highest BCUT2D eigenvalue weighted by Crippen LogP contribution is 2.29. The van der Waals surface area contributed by atoms with Crippen molar-refractivity contribution in [3.63, 3.8) is 0 Å². The minimum Gasteiger partial charge on any atom is -0.399 e. The molecular formula is C10H15N3. The summed E-state index contributed by atoms with van der Waals surface area (Å²) in [5, 5.41) is 8.97. The molecule has 70 valence electrons. The predicted octanol–water partition coefficient (Wildman–Crippen LogP) is 1.21. The largest absolute Gasteiger partial charge is 0.399 e. The summed E-state index contributed by atoms with van der Waals surface area (Å²) in [6.45, 7) is 4.57. The Bertz CT molecular complexity index is 305. The van der Waals surface area contributed by atoms with Crippen molar-refractivity contribution < 1.29 is 0 Å². The number of rotatable bonds is 1. The van der Waals surface area contributed by atoms with E-state index in [4.69, 9.17) is 11.0 Å². The summed E-state index contributed by atoms with van der Waals surface area (Å²) < 4.78 is 0. The third kappa shape index (κ3) is 1.83. The maximum atomic E-state index is 8.97. The average molecular weight is 177 g/mol. The lowest BCUT2D eigenvalue weighted by molar-refractivity contribution is 0.360. The highest BCUT2D eigenvalue weighted by Gasteiger charge is 2.27. The van der Waals surface area contributed by atoms with Gasteiger partial charge in [0.25, 0.3) is 0 Å². The van der Waals surface area contributed by atoms with Gasteiger partial charge < -0.3 is 10.6 Å². The number of nitrogens with two attached hydrogens (primary N) is 1. The first-order valence-corrected chi connectivity index (χ1v) is 4.27. The fraction of sp³-hybridized carbons (Fsp3) is 0.500. The van der Waals surface area contributed by atoms with E-state index in [0.29, 0.717) is 0 Å². The van der Waals surface area contributed by atoms with Crippen molar-refractivity contribution in [3.05, 3.63) is 23.5 Å². The van der Waals surface area contributed by atoms with E-state index in [2.05, 4.69) is 6.07 Å². The molecule has 13 heavy (non-hydrogen) atoms. The van der Waals surface area contributed by atoms with Crippen LogP contribution in [-0.4, -0.2) is 18.5 Å². The van der Waals surface area contributed by atoms with Gasteiger partial charge in [-0.05, 0) is 26.0 Å². The molecule has 1 heterocycles. The molecule has 1 aliphatic heterocycles. The minimum atomic E-state index is -0.465. The van der Waals surface area contributed by atoms with E-state index in [0.717, 1.165) is 17.9 Å². The number of allylic oxidation sites excluding steroid dienone is 2. The Morgan fingerprint density at radius 3 is 2.77 bits per heavy atom. The van der Waals surface area contributed by atoms with Gasteiger partial charge in [-0.1, -0.05) is 0 Å². The summed E-state index contributed by atoms with van der Waals surface area (Å²) in [6, 6.07) is 2.27. The molecule has 0 unspecified atom stereocenters. The van der Waals surface area contributed by atoms with Crippen LogP contribution in [0.1, 0.15) is 13.8 Å². The molecule has 0 aliphatic carbocycles. The number of hydrogen-bond acceptors (Lipinski definition) is 3. The summed E-state index contributed by atoms with van der Waals surface area (Å²) in [5.74, 6) is 0. The number of nitriles is 1. The maximum absolute atomic E-state index is 8.97. The van der Waals surface area contributed by atoms with Crippen molar-refractivity contribution >= 4 is 0 Å². The van der Waals surface area contributed by atoms with Crippen LogP contribution in [0.25, 0.3) is 0 Å². The lowest BCUT2D eigenvalue weighted by Gasteiger charge is -2.32. The van der Waals surface area contributed by atoms with E-state index in [-0.39, 0.29) is 0 Å². The topological polar surface area (TPSA) is 53.0 Å². The van der Waals surface area contributed by atoms with Gasteiger partial charge in [0.2, 0.25) is 0 Å². The third-order valence-electron chi connectivity index (χ3n) is 2.24. The Balaban J connectivity index is 3.03. The van der Waals surface area contributed by atoms with Crippen LogP contribution in [-0.2, 0) is 0 Å². The van der Waals surface area contributed by atoms with Crippen molar-refractivity contribution in [3.8, 4) is 6.07 Å². The van der Waals surface area contributed by atoms with Crippen LogP contribution in [0.2, 0.25) is 0 Å². The summed E-state index contributed by atoms with van der Waals surface area (Å²) in [5.41, 5.74) is 6.95. The Morgan fingerprint density at radius 1 is 1.62 bits per heavy atom. The molecule has 0 aromatic rings. The second-order valence-electron chi connectivity index (χ2n) is 3.85. The molecule has 2 N–H and O–H groups in total. The van der Waals surface area contributed by atoms with Crippen molar-refractivity contribution in [1.82, 2.24) is 4.90 Å². The van der Waals surface area contributed by atoms with E-state index >= 15 is 0 Å². The Kier molecular flexibility index (Phi) is 2.33. The number of nitrogens with zero attached hydrogens (tertiary/aromatic N) is 2. The third-order valence-corrected chi connectivity index (χ3v) is 2.24. The van der Waals surface area contributed by atoms with Crippen LogP contribution < -0.4 is 5.73 Å². The van der Waals surface area contributed by atoms with Crippen molar-refractivity contribution in [2.45, 2.75) is 13.8 Å². The van der Waals surface area contributed by atoms with Crippen LogP contribution in [0.15, 0.2) is 23.5 Å². The Morgan fingerprint density at radius 2 is 2.23 bits per heavy atom. The van der Waals surface area contributed by atoms with E-state index < -0.39 is 5.41 Å². The summed E-state index contributed by atoms with van der Waals surface area (Å²) in [4.78, 5) is 2.04. The lowest BCUT2D eigenvalue weighted by atomic mass is 9.88. The van der Waals surface area contributed by atoms with Gasteiger partial charge in [-0.15, -0.1) is 0 Å². The second kappa shape index (κ2) is 3.14. The Hall–Kier alpha value is -1.43. The van der Waals surface area contributed by atoms with E-state index in [1.165, 1.54) is 0 Å². The second-order valence-corrected chi connectivity index (χ2v) is 3.85. The maximum Gasteiger partial charge on any atom is 0.0914 e. The molecule has 0 aromatic carbocycles. The fourth-order valence-corrected chi connectivity index (χ4v) is 1.38. The van der Waals surface area contributed by atoms with Gasteiger partial charge in [-0.25, -0.2) is 0 Å². The van der Waals surface area contributed by atoms with Gasteiger partial charge in [-0.3, -0.25) is 0 Å². The van der Waals surface area contributed by atoms with Crippen LogP contribution >= 0.6 is 0 Å². The Labute approximate surface area is 79.1 Å². The fourth-order valence-electron chi connectivity index (χ4n) is 1.38. The van der Waals surface area contributed by atoms with E-state index in [1.807, 2.05) is 37.9 Å². The molecular weight excluding hydrogens is 162 g/mol. The van der Waals surface area contributed by atoms with E-state index in [9.17, 15) is 0 Å². The first-order chi connectivity index (χ1) is 5.97. The molecule has 3 nitrogen and oxygen atoms in total. The number of likely N-dealkylation sites (N-methyl/N-ethyl adjacent to an activating group) is 1. The first-order valence-electron chi connectivity index (χ1n) is 4.27. The van der Waals surface area contributed by atoms with E-state index in [1.54, 1.807) is 0 Å². The summed E-state index contributed by atoms with van der Waals surface area (Å²) in [6.07, 6.45) is 3.81. The molecule has 0 aromatic heterocycles. The van der Waals surface area contributed by atoms with Crippen LogP contribution in [0.5, 0.6) is 0 Å². The summed E-state index contributed by atoms with van der Waals surface area (Å²) in [7, 11) is 1.97. The van der Waals surface area contributed by atoms with Gasteiger partial charge in [-0.2, -0.15) is 5.26 Å². The van der Waals surface area contributed by atoms with Crippen molar-refractivity contribution in [2.75, 3.05) is 13.6 Å². The predicted molar refractivity (Wildman–Crippen MR) is 52.4 cm³/mol. The molecule has 0 saturated heterocycles. The molecule has 0 fully saturated rings. The van der Waals surface area contributed by atoms with Crippen molar-refractivity contribution in [2.24, 2.45) is 11.1 Å². The normalized spacial score (nSPS) is 17.5. The molecule has 0 bridgehead atoms. The highest BCUT2D eigenvalue weighted by atomic mass is 15.1. The van der Waals surface area contributed by atoms with Gasteiger partial charge in [0.05, 0.1) is 11.5 Å². The first kappa shape index (κ1) is 9.66. The van der Waals surface area contributed by atoms with Crippen LogP contribution in [0.3, 0.4) is 0 Å². The van der Waals surface area contributed by atoms with Crippen molar-refractivity contribution in [1.29, 1.82) is 5.26 Å². The van der Waals surface area contributed by atoms with Crippen LogP contribution in [0.4, 0.5) is 0 Å². The zero-order chi connectivity index (χ0) is 10.1. The standard InChI is InChI=1S/C10H15N3/c1-10(2,7-11)9-6-8(12)4-5-13(9)3/h4,6H,5,12H2,1-3H3. The molecule has 0 amide bonds. The molecule has 3 heteroatoms. The summed E-state index contributed by atoms with van der Waals surface area (Å²) >= 11 is 0. The van der Waals surface area contributed by atoms with Gasteiger partial charge >= 0.3 is 0 Å². The molecule has 0 radical (unpaired) electrons. The van der Waals surface area contributed by atoms with Gasteiger partial charge in [0, 0.05) is 25.0 Å². The molecule has 1 rings (SSSR count). The molecule has 0 spiro atoms. The zero-order valence-corrected chi connectivity index (χ0v) is 8.33. The quantitative estimate of drug-likeness (QED) is 0.655. The lowest BCUT2D eigenvalue weighted by Crippen LogP contribution is -2.31. The van der Waals surface area contributed by atoms with Gasteiger partial charge in [0.15, 0.2) is 0 Å². The number of hydrogen-bond donors (Lipinski definition) is 1. The molecule has 0 atom stereocenters. The average Bonchev–Trinajstić information content (AvgIpc) is 2.09. The van der Waals surface area contributed by atoms with Crippen LogP contribution in [0, 0.1) is 16.7 Å². The highest BCUT2D eigenvalue weighted by molar-refractivity contribution is 5.31. The molecule has 1 aliphatic rings. The smallest absolute Gasteiger partial charge is 0.0914 e. The SMILES string of the molecule is CN1CC=C(N)C=C1C(C)(C)C#N. The zero-order valence-electron chi connectivity index (χ0n) is 8.33. The minimum absolute atomic E-state index is 0.465. The van der Waals surface area contributed by atoms with Gasteiger partial charge in [0.1, 0.15) is 0 Å². The monoisotopic (exact) mass is 177 g/mol.